The number of aryl methyl sites for hydroxylation is 1. The van der Waals surface area contributed by atoms with Gasteiger partial charge in [0.25, 0.3) is 5.91 Å². The Morgan fingerprint density at radius 1 is 1.30 bits per heavy atom. The molecule has 0 bridgehead atoms. The first-order valence-electron chi connectivity index (χ1n) is 10.2. The maximum atomic E-state index is 12.5. The van der Waals surface area contributed by atoms with Crippen LogP contribution in [0.3, 0.4) is 0 Å². The van der Waals surface area contributed by atoms with Gasteiger partial charge in [0.2, 0.25) is 5.91 Å². The molecule has 0 radical (unpaired) electrons. The Bertz CT molecular complexity index is 689. The third-order valence-corrected chi connectivity index (χ3v) is 6.20. The van der Waals surface area contributed by atoms with Gasteiger partial charge in [-0.25, -0.2) is 0 Å². The van der Waals surface area contributed by atoms with Gasteiger partial charge in [-0.05, 0) is 57.8 Å². The van der Waals surface area contributed by atoms with E-state index in [1.807, 2.05) is 4.90 Å². The number of piperidine rings is 1. The van der Waals surface area contributed by atoms with Crippen LogP contribution in [0.2, 0.25) is 0 Å². The molecule has 1 aliphatic carbocycles. The van der Waals surface area contributed by atoms with E-state index in [0.29, 0.717) is 30.5 Å². The quantitative estimate of drug-likeness (QED) is 0.854. The van der Waals surface area contributed by atoms with Crippen molar-refractivity contribution in [2.24, 2.45) is 11.8 Å². The number of hydrogen-bond acceptors (Lipinski definition) is 5. The van der Waals surface area contributed by atoms with E-state index >= 15 is 0 Å². The van der Waals surface area contributed by atoms with E-state index in [4.69, 9.17) is 9.26 Å². The molecule has 1 saturated carbocycles. The van der Waals surface area contributed by atoms with E-state index in [0.717, 1.165) is 58.1 Å². The number of nitrogens with zero attached hydrogens (tertiary/aromatic N) is 2. The Kier molecular flexibility index (Phi) is 5.21. The molecule has 1 unspecified atom stereocenters. The lowest BCUT2D eigenvalue weighted by Crippen LogP contribution is -2.51. The van der Waals surface area contributed by atoms with Crippen LogP contribution in [0.15, 0.2) is 10.6 Å². The average Bonchev–Trinajstić information content (AvgIpc) is 3.43. The molecule has 3 heterocycles. The summed E-state index contributed by atoms with van der Waals surface area (Å²) >= 11 is 0. The molecular formula is C20H29N3O4. The molecule has 148 valence electrons. The normalized spacial score (nSPS) is 24.8. The number of carbonyl (C=O) groups is 2. The lowest BCUT2D eigenvalue weighted by Gasteiger charge is -2.46. The van der Waals surface area contributed by atoms with Crippen molar-refractivity contribution in [3.63, 3.8) is 0 Å². The predicted molar refractivity (Wildman–Crippen MR) is 98.1 cm³/mol. The molecule has 1 spiro atoms. The molecule has 3 fully saturated rings. The van der Waals surface area contributed by atoms with E-state index in [1.54, 1.807) is 13.0 Å². The van der Waals surface area contributed by atoms with Crippen molar-refractivity contribution in [3.8, 4) is 0 Å². The maximum Gasteiger partial charge on any atom is 0.276 e. The summed E-state index contributed by atoms with van der Waals surface area (Å²) in [7, 11) is 0. The van der Waals surface area contributed by atoms with Gasteiger partial charge in [0.1, 0.15) is 5.76 Å². The number of rotatable bonds is 5. The van der Waals surface area contributed by atoms with E-state index < -0.39 is 0 Å². The molecule has 0 aromatic carbocycles. The minimum absolute atomic E-state index is 0.0585. The van der Waals surface area contributed by atoms with Gasteiger partial charge in [-0.2, -0.15) is 0 Å². The number of ether oxygens (including phenoxy) is 1. The van der Waals surface area contributed by atoms with Crippen LogP contribution in [-0.2, 0) is 9.53 Å². The average molecular weight is 375 g/mol. The highest BCUT2D eigenvalue weighted by Crippen LogP contribution is 2.39. The van der Waals surface area contributed by atoms with Gasteiger partial charge in [0.05, 0.1) is 5.60 Å². The summed E-state index contributed by atoms with van der Waals surface area (Å²) in [6.45, 7) is 4.72. The zero-order valence-corrected chi connectivity index (χ0v) is 16.0. The largest absolute Gasteiger partial charge is 0.375 e. The van der Waals surface area contributed by atoms with Crippen LogP contribution in [-0.4, -0.2) is 53.7 Å². The van der Waals surface area contributed by atoms with Crippen LogP contribution in [0, 0.1) is 18.8 Å². The zero-order chi connectivity index (χ0) is 18.9. The summed E-state index contributed by atoms with van der Waals surface area (Å²) in [6.07, 6.45) is 6.93. The molecule has 4 rings (SSSR count). The predicted octanol–water partition coefficient (Wildman–Crippen LogP) is 2.30. The van der Waals surface area contributed by atoms with Crippen molar-refractivity contribution in [3.05, 3.63) is 17.5 Å². The van der Waals surface area contributed by atoms with Gasteiger partial charge in [-0.15, -0.1) is 0 Å². The highest BCUT2D eigenvalue weighted by molar-refractivity contribution is 5.92. The minimum atomic E-state index is -0.111. The van der Waals surface area contributed by atoms with Crippen molar-refractivity contribution >= 4 is 11.8 Å². The third-order valence-electron chi connectivity index (χ3n) is 6.20. The SMILES string of the molecule is Cc1cc(C(=O)N2CCC3(CC2)CC(CCNC(=O)C2CC2)CCO3)no1. The Hall–Kier alpha value is -1.89. The van der Waals surface area contributed by atoms with Crippen molar-refractivity contribution in [1.29, 1.82) is 0 Å². The summed E-state index contributed by atoms with van der Waals surface area (Å²) in [5.74, 6) is 1.68. The first-order chi connectivity index (χ1) is 13.0. The lowest BCUT2D eigenvalue weighted by atomic mass is 9.78. The van der Waals surface area contributed by atoms with Crippen LogP contribution >= 0.6 is 0 Å². The molecule has 27 heavy (non-hydrogen) atoms. The number of amides is 2. The van der Waals surface area contributed by atoms with E-state index in [2.05, 4.69) is 10.5 Å². The summed E-state index contributed by atoms with van der Waals surface area (Å²) in [6, 6.07) is 1.69. The molecule has 2 saturated heterocycles. The second-order valence-electron chi connectivity index (χ2n) is 8.36. The van der Waals surface area contributed by atoms with Crippen LogP contribution < -0.4 is 5.32 Å². The minimum Gasteiger partial charge on any atom is -0.375 e. The van der Waals surface area contributed by atoms with Gasteiger partial charge in [-0.1, -0.05) is 5.16 Å². The molecule has 2 amide bonds. The van der Waals surface area contributed by atoms with E-state index in [-0.39, 0.29) is 23.3 Å². The van der Waals surface area contributed by atoms with Crippen LogP contribution in [0.1, 0.15) is 61.2 Å². The van der Waals surface area contributed by atoms with E-state index in [1.165, 1.54) is 0 Å². The fraction of sp³-hybridized carbons (Fsp3) is 0.750. The van der Waals surface area contributed by atoms with Gasteiger partial charge >= 0.3 is 0 Å². The molecule has 1 aromatic heterocycles. The monoisotopic (exact) mass is 375 g/mol. The topological polar surface area (TPSA) is 84.7 Å². The lowest BCUT2D eigenvalue weighted by molar-refractivity contribution is -0.125. The van der Waals surface area contributed by atoms with Crippen molar-refractivity contribution < 1.29 is 18.8 Å². The van der Waals surface area contributed by atoms with Gasteiger partial charge in [-0.3, -0.25) is 9.59 Å². The molecule has 2 aliphatic heterocycles. The van der Waals surface area contributed by atoms with Crippen molar-refractivity contribution in [2.75, 3.05) is 26.2 Å². The summed E-state index contributed by atoms with van der Waals surface area (Å²) in [5.41, 5.74) is 0.275. The second kappa shape index (κ2) is 7.62. The highest BCUT2D eigenvalue weighted by Gasteiger charge is 2.41. The van der Waals surface area contributed by atoms with Crippen molar-refractivity contribution in [1.82, 2.24) is 15.4 Å². The summed E-state index contributed by atoms with van der Waals surface area (Å²) in [4.78, 5) is 26.2. The Labute approximate surface area is 159 Å². The Morgan fingerprint density at radius 2 is 2.07 bits per heavy atom. The molecule has 1 N–H and O–H groups in total. The molecular weight excluding hydrogens is 346 g/mol. The molecule has 3 aliphatic rings. The zero-order valence-electron chi connectivity index (χ0n) is 16.0. The fourth-order valence-electron chi connectivity index (χ4n) is 4.36. The fourth-order valence-corrected chi connectivity index (χ4v) is 4.36. The molecule has 7 nitrogen and oxygen atoms in total. The number of carbonyl (C=O) groups excluding carboxylic acids is 2. The smallest absolute Gasteiger partial charge is 0.276 e. The number of hydrogen-bond donors (Lipinski definition) is 1. The second-order valence-corrected chi connectivity index (χ2v) is 8.36. The maximum absolute atomic E-state index is 12.5. The van der Waals surface area contributed by atoms with Crippen LogP contribution in [0.4, 0.5) is 0 Å². The highest BCUT2D eigenvalue weighted by atomic mass is 16.5. The number of nitrogens with one attached hydrogen (secondary N) is 1. The standard InChI is InChI=1S/C20H29N3O4/c1-14-12-17(22-27-14)19(25)23-9-6-20(7-10-23)13-15(5-11-26-20)4-8-21-18(24)16-2-3-16/h12,15-16H,2-11,13H2,1H3,(H,21,24). The summed E-state index contributed by atoms with van der Waals surface area (Å²) in [5, 5.41) is 6.92. The molecule has 7 heteroatoms. The van der Waals surface area contributed by atoms with E-state index in [9.17, 15) is 9.59 Å². The van der Waals surface area contributed by atoms with Gasteiger partial charge in [0.15, 0.2) is 5.69 Å². The number of aromatic nitrogens is 1. The third kappa shape index (κ3) is 4.34. The number of likely N-dealkylation sites (tertiary alicyclic amines) is 1. The van der Waals surface area contributed by atoms with Gasteiger partial charge < -0.3 is 19.5 Å². The first kappa shape index (κ1) is 18.5. The van der Waals surface area contributed by atoms with Crippen LogP contribution in [0.25, 0.3) is 0 Å². The Balaban J connectivity index is 1.25. The first-order valence-corrected chi connectivity index (χ1v) is 10.2. The summed E-state index contributed by atoms with van der Waals surface area (Å²) < 4.78 is 11.2. The molecule has 1 aromatic rings. The van der Waals surface area contributed by atoms with Crippen molar-refractivity contribution in [2.45, 2.75) is 57.5 Å². The molecule has 1 atom stereocenters. The van der Waals surface area contributed by atoms with Crippen LogP contribution in [0.5, 0.6) is 0 Å². The van der Waals surface area contributed by atoms with Gasteiger partial charge in [0, 0.05) is 38.2 Å². The Morgan fingerprint density at radius 3 is 2.74 bits per heavy atom.